The molecule has 0 amide bonds. The molecule has 0 radical (unpaired) electrons. The summed E-state index contributed by atoms with van der Waals surface area (Å²) in [5, 5.41) is 13.0. The minimum absolute atomic E-state index is 0.155. The molecule has 20 heavy (non-hydrogen) atoms. The van der Waals surface area contributed by atoms with Crippen LogP contribution in [-0.4, -0.2) is 34.3 Å². The molecule has 0 spiro atoms. The Labute approximate surface area is 118 Å². The maximum absolute atomic E-state index is 9.74. The van der Waals surface area contributed by atoms with E-state index in [0.29, 0.717) is 0 Å². The smallest absolute Gasteiger partial charge is 0.115 e. The summed E-state index contributed by atoms with van der Waals surface area (Å²) in [4.78, 5) is 8.22. The number of hydrogen-bond acceptors (Lipinski definition) is 4. The number of rotatable bonds is 3. The van der Waals surface area contributed by atoms with E-state index in [2.05, 4.69) is 33.5 Å². The van der Waals surface area contributed by atoms with Gasteiger partial charge in [0.25, 0.3) is 0 Å². The largest absolute Gasteiger partial charge is 0.394 e. The van der Waals surface area contributed by atoms with Gasteiger partial charge in [0, 0.05) is 23.5 Å². The molecule has 3 rings (SSSR count). The quantitative estimate of drug-likeness (QED) is 0.888. The van der Waals surface area contributed by atoms with Gasteiger partial charge in [-0.1, -0.05) is 18.2 Å². The first-order chi connectivity index (χ1) is 9.78. The molecule has 0 fully saturated rings. The molecule has 4 heteroatoms. The van der Waals surface area contributed by atoms with Gasteiger partial charge in [0.15, 0.2) is 0 Å². The van der Waals surface area contributed by atoms with Gasteiger partial charge in [-0.05, 0) is 43.0 Å². The normalized spacial score (nSPS) is 21.5. The second-order valence-corrected chi connectivity index (χ2v) is 5.44. The van der Waals surface area contributed by atoms with E-state index < -0.39 is 0 Å². The minimum Gasteiger partial charge on any atom is -0.394 e. The van der Waals surface area contributed by atoms with Crippen LogP contribution < -0.4 is 5.32 Å². The molecular formula is C16H19N3O. The summed E-state index contributed by atoms with van der Waals surface area (Å²) >= 11 is 0. The standard InChI is InChI=1S/C16H19N3O/c1-17-16(10-20)6-5-12-3-2-4-14(15(12)7-16)13-8-18-11-19-9-13/h2-4,8-9,11,17,20H,5-7,10H2,1H3. The summed E-state index contributed by atoms with van der Waals surface area (Å²) in [7, 11) is 1.93. The number of aliphatic hydroxyl groups excluding tert-OH is 1. The highest BCUT2D eigenvalue weighted by Gasteiger charge is 2.33. The highest BCUT2D eigenvalue weighted by Crippen LogP contribution is 2.34. The van der Waals surface area contributed by atoms with Crippen LogP contribution in [0.2, 0.25) is 0 Å². The van der Waals surface area contributed by atoms with Gasteiger partial charge in [-0.15, -0.1) is 0 Å². The molecule has 1 aliphatic carbocycles. The second kappa shape index (κ2) is 5.31. The molecule has 1 aliphatic rings. The van der Waals surface area contributed by atoms with Crippen LogP contribution in [0.5, 0.6) is 0 Å². The fourth-order valence-electron chi connectivity index (χ4n) is 3.01. The lowest BCUT2D eigenvalue weighted by Crippen LogP contribution is -2.50. The maximum atomic E-state index is 9.74. The lowest BCUT2D eigenvalue weighted by molar-refractivity contribution is 0.153. The Balaban J connectivity index is 2.08. The predicted octanol–water partition coefficient (Wildman–Crippen LogP) is 1.58. The summed E-state index contributed by atoms with van der Waals surface area (Å²) in [5.74, 6) is 0. The van der Waals surface area contributed by atoms with Crippen molar-refractivity contribution in [1.29, 1.82) is 0 Å². The zero-order valence-corrected chi connectivity index (χ0v) is 11.6. The Hall–Kier alpha value is -1.78. The molecule has 2 N–H and O–H groups in total. The van der Waals surface area contributed by atoms with Crippen LogP contribution in [0.15, 0.2) is 36.9 Å². The Morgan fingerprint density at radius 1 is 1.30 bits per heavy atom. The summed E-state index contributed by atoms with van der Waals surface area (Å²) in [6, 6.07) is 6.38. The first-order valence-electron chi connectivity index (χ1n) is 6.94. The van der Waals surface area contributed by atoms with Gasteiger partial charge in [-0.25, -0.2) is 9.97 Å². The molecule has 1 aromatic heterocycles. The molecule has 0 saturated carbocycles. The number of aromatic nitrogens is 2. The first-order valence-corrected chi connectivity index (χ1v) is 6.94. The van der Waals surface area contributed by atoms with E-state index in [9.17, 15) is 5.11 Å². The van der Waals surface area contributed by atoms with Crippen LogP contribution >= 0.6 is 0 Å². The van der Waals surface area contributed by atoms with Gasteiger partial charge in [-0.3, -0.25) is 0 Å². The number of likely N-dealkylation sites (N-methyl/N-ethyl adjacent to an activating group) is 1. The predicted molar refractivity (Wildman–Crippen MR) is 78.4 cm³/mol. The summed E-state index contributed by atoms with van der Waals surface area (Å²) in [6.07, 6.45) is 8.01. The zero-order chi connectivity index (χ0) is 14.0. The molecule has 104 valence electrons. The molecule has 0 bridgehead atoms. The van der Waals surface area contributed by atoms with E-state index in [1.54, 1.807) is 6.33 Å². The lowest BCUT2D eigenvalue weighted by Gasteiger charge is -2.37. The molecule has 1 heterocycles. The Bertz CT molecular complexity index is 594. The molecule has 1 atom stereocenters. The van der Waals surface area contributed by atoms with E-state index in [4.69, 9.17) is 0 Å². The van der Waals surface area contributed by atoms with E-state index in [0.717, 1.165) is 24.8 Å². The van der Waals surface area contributed by atoms with E-state index in [1.165, 1.54) is 16.7 Å². The Kier molecular flexibility index (Phi) is 3.51. The zero-order valence-electron chi connectivity index (χ0n) is 11.6. The molecule has 1 unspecified atom stereocenters. The molecule has 4 nitrogen and oxygen atoms in total. The number of fused-ring (bicyclic) bond motifs is 1. The first kappa shape index (κ1) is 13.2. The van der Waals surface area contributed by atoms with Crippen molar-refractivity contribution < 1.29 is 5.11 Å². The van der Waals surface area contributed by atoms with Crippen molar-refractivity contribution in [2.24, 2.45) is 0 Å². The third kappa shape index (κ3) is 2.21. The number of hydrogen-bond donors (Lipinski definition) is 2. The number of benzene rings is 1. The molecule has 1 aromatic carbocycles. The number of nitrogens with zero attached hydrogens (tertiary/aromatic N) is 2. The molecule has 2 aromatic rings. The van der Waals surface area contributed by atoms with Crippen LogP contribution in [0.4, 0.5) is 0 Å². The average molecular weight is 269 g/mol. The second-order valence-electron chi connectivity index (χ2n) is 5.44. The molecule has 0 saturated heterocycles. The Morgan fingerprint density at radius 3 is 2.80 bits per heavy atom. The van der Waals surface area contributed by atoms with Crippen molar-refractivity contribution in [2.45, 2.75) is 24.8 Å². The van der Waals surface area contributed by atoms with Crippen molar-refractivity contribution in [3.8, 4) is 11.1 Å². The number of nitrogens with one attached hydrogen (secondary N) is 1. The SMILES string of the molecule is CNC1(CO)CCc2cccc(-c3cncnc3)c2C1. The van der Waals surface area contributed by atoms with E-state index in [-0.39, 0.29) is 12.1 Å². The highest BCUT2D eigenvalue weighted by molar-refractivity contribution is 5.68. The van der Waals surface area contributed by atoms with Gasteiger partial charge in [0.05, 0.1) is 6.61 Å². The van der Waals surface area contributed by atoms with Gasteiger partial charge >= 0.3 is 0 Å². The summed E-state index contributed by atoms with van der Waals surface area (Å²) < 4.78 is 0. The number of aryl methyl sites for hydroxylation is 1. The van der Waals surface area contributed by atoms with Crippen molar-refractivity contribution in [2.75, 3.05) is 13.7 Å². The van der Waals surface area contributed by atoms with Gasteiger partial charge in [0.1, 0.15) is 6.33 Å². The van der Waals surface area contributed by atoms with Crippen molar-refractivity contribution in [3.05, 3.63) is 48.0 Å². The van der Waals surface area contributed by atoms with Gasteiger partial charge < -0.3 is 10.4 Å². The van der Waals surface area contributed by atoms with Crippen LogP contribution in [-0.2, 0) is 12.8 Å². The number of aliphatic hydroxyl groups is 1. The van der Waals surface area contributed by atoms with Crippen LogP contribution in [0.1, 0.15) is 17.5 Å². The van der Waals surface area contributed by atoms with Crippen LogP contribution in [0, 0.1) is 0 Å². The third-order valence-electron chi connectivity index (χ3n) is 4.37. The lowest BCUT2D eigenvalue weighted by atomic mass is 9.76. The van der Waals surface area contributed by atoms with Crippen molar-refractivity contribution in [1.82, 2.24) is 15.3 Å². The topological polar surface area (TPSA) is 58.0 Å². The van der Waals surface area contributed by atoms with E-state index >= 15 is 0 Å². The van der Waals surface area contributed by atoms with E-state index in [1.807, 2.05) is 19.4 Å². The average Bonchev–Trinajstić information content (AvgIpc) is 2.54. The van der Waals surface area contributed by atoms with Crippen molar-refractivity contribution >= 4 is 0 Å². The highest BCUT2D eigenvalue weighted by atomic mass is 16.3. The Morgan fingerprint density at radius 2 is 2.10 bits per heavy atom. The van der Waals surface area contributed by atoms with Crippen molar-refractivity contribution in [3.63, 3.8) is 0 Å². The summed E-state index contributed by atoms with van der Waals surface area (Å²) in [6.45, 7) is 0.155. The van der Waals surface area contributed by atoms with Crippen LogP contribution in [0.3, 0.4) is 0 Å². The van der Waals surface area contributed by atoms with Gasteiger partial charge in [-0.2, -0.15) is 0 Å². The summed E-state index contributed by atoms with van der Waals surface area (Å²) in [5.41, 5.74) is 4.67. The third-order valence-corrected chi connectivity index (χ3v) is 4.37. The minimum atomic E-state index is -0.210. The van der Waals surface area contributed by atoms with Gasteiger partial charge in [0.2, 0.25) is 0 Å². The monoisotopic (exact) mass is 269 g/mol. The van der Waals surface area contributed by atoms with Crippen LogP contribution in [0.25, 0.3) is 11.1 Å². The fraction of sp³-hybridized carbons (Fsp3) is 0.375. The molecular weight excluding hydrogens is 250 g/mol. The maximum Gasteiger partial charge on any atom is 0.115 e. The fourth-order valence-corrected chi connectivity index (χ4v) is 3.01. The molecule has 0 aliphatic heterocycles.